The maximum atomic E-state index is 5.62. The summed E-state index contributed by atoms with van der Waals surface area (Å²) in [5, 5.41) is 0. The van der Waals surface area contributed by atoms with E-state index in [0.29, 0.717) is 0 Å². The van der Waals surface area contributed by atoms with Gasteiger partial charge in [-0.05, 0) is 25.0 Å². The number of ether oxygens (including phenoxy) is 2. The Kier molecular flexibility index (Phi) is 2.12. The second-order valence-electron chi connectivity index (χ2n) is 3.27. The van der Waals surface area contributed by atoms with E-state index >= 15 is 0 Å². The molecule has 1 spiro atoms. The molecule has 2 heteroatoms. The normalized spacial score (nSPS) is 34.8. The molecule has 0 saturated carbocycles. The summed E-state index contributed by atoms with van der Waals surface area (Å²) in [6, 6.07) is 0. The van der Waals surface area contributed by atoms with Gasteiger partial charge in [-0.25, -0.2) is 0 Å². The van der Waals surface area contributed by atoms with Crippen LogP contribution in [0.15, 0.2) is 24.0 Å². The molecule has 0 aliphatic carbocycles. The van der Waals surface area contributed by atoms with Crippen LogP contribution in [0.5, 0.6) is 0 Å². The lowest BCUT2D eigenvalue weighted by molar-refractivity contribution is -0.191. The van der Waals surface area contributed by atoms with Crippen molar-refractivity contribution in [1.82, 2.24) is 0 Å². The fourth-order valence-corrected chi connectivity index (χ4v) is 1.64. The first-order valence-corrected chi connectivity index (χ1v) is 4.53. The lowest BCUT2D eigenvalue weighted by Gasteiger charge is -2.31. The molecule has 68 valence electrons. The van der Waals surface area contributed by atoms with Crippen molar-refractivity contribution in [3.05, 3.63) is 24.0 Å². The maximum absolute atomic E-state index is 5.62. The number of rotatable bonds is 0. The van der Waals surface area contributed by atoms with Gasteiger partial charge in [0.2, 0.25) is 5.79 Å². The molecule has 2 aliphatic heterocycles. The largest absolute Gasteiger partial charge is 0.458 e. The minimum atomic E-state index is -0.499. The van der Waals surface area contributed by atoms with Crippen LogP contribution in [0.4, 0.5) is 0 Å². The van der Waals surface area contributed by atoms with Crippen molar-refractivity contribution in [2.24, 2.45) is 0 Å². The fraction of sp³-hybridized carbons (Fsp3) is 0.455. The van der Waals surface area contributed by atoms with Gasteiger partial charge in [0, 0.05) is 12.5 Å². The fourth-order valence-electron chi connectivity index (χ4n) is 1.64. The Hall–Kier alpha value is -1.20. The molecule has 1 atom stereocenters. The molecule has 2 nitrogen and oxygen atoms in total. The highest BCUT2D eigenvalue weighted by molar-refractivity contribution is 5.28. The standard InChI is InChI=1S/C11H12O2/c1-2-5-10-6-8-11(13-10)7-3-4-9-12-11/h1,5-6,8H,3-4,7,9H2/b10-5+. The maximum Gasteiger partial charge on any atom is 0.230 e. The van der Waals surface area contributed by atoms with Crippen molar-refractivity contribution in [2.75, 3.05) is 6.61 Å². The molecule has 0 aromatic rings. The summed E-state index contributed by atoms with van der Waals surface area (Å²) in [6.07, 6.45) is 13.8. The molecule has 0 aromatic carbocycles. The van der Waals surface area contributed by atoms with Gasteiger partial charge in [0.05, 0.1) is 6.61 Å². The van der Waals surface area contributed by atoms with E-state index in [9.17, 15) is 0 Å². The van der Waals surface area contributed by atoms with Crippen LogP contribution in [0.1, 0.15) is 19.3 Å². The summed E-state index contributed by atoms with van der Waals surface area (Å²) < 4.78 is 11.2. The Morgan fingerprint density at radius 2 is 2.46 bits per heavy atom. The molecular formula is C11H12O2. The molecule has 0 radical (unpaired) electrons. The Bertz CT molecular complexity index is 288. The van der Waals surface area contributed by atoms with Crippen molar-refractivity contribution in [2.45, 2.75) is 25.0 Å². The third kappa shape index (κ3) is 1.61. The van der Waals surface area contributed by atoms with Crippen molar-refractivity contribution in [3.8, 4) is 12.3 Å². The van der Waals surface area contributed by atoms with E-state index < -0.39 is 5.79 Å². The van der Waals surface area contributed by atoms with E-state index in [2.05, 4.69) is 5.92 Å². The van der Waals surface area contributed by atoms with Gasteiger partial charge >= 0.3 is 0 Å². The van der Waals surface area contributed by atoms with E-state index in [4.69, 9.17) is 15.9 Å². The van der Waals surface area contributed by atoms with Crippen LogP contribution in [0, 0.1) is 12.3 Å². The van der Waals surface area contributed by atoms with Crippen LogP contribution in [0.2, 0.25) is 0 Å². The summed E-state index contributed by atoms with van der Waals surface area (Å²) in [7, 11) is 0. The van der Waals surface area contributed by atoms with Crippen LogP contribution in [0.25, 0.3) is 0 Å². The lowest BCUT2D eigenvalue weighted by Crippen LogP contribution is -2.34. The molecule has 1 unspecified atom stereocenters. The van der Waals surface area contributed by atoms with Crippen LogP contribution in [-0.2, 0) is 9.47 Å². The zero-order valence-corrected chi connectivity index (χ0v) is 7.45. The van der Waals surface area contributed by atoms with Crippen LogP contribution in [0.3, 0.4) is 0 Å². The average Bonchev–Trinajstić information content (AvgIpc) is 2.51. The SMILES string of the molecule is C#C/C=C1\C=CC2(CCCCO2)O1. The Morgan fingerprint density at radius 1 is 1.54 bits per heavy atom. The molecule has 0 bridgehead atoms. The predicted octanol–water partition coefficient (Wildman–Crippen LogP) is 1.99. The number of hydrogen-bond acceptors (Lipinski definition) is 2. The quantitative estimate of drug-likeness (QED) is 0.525. The van der Waals surface area contributed by atoms with Crippen LogP contribution in [-0.4, -0.2) is 12.4 Å². The van der Waals surface area contributed by atoms with Gasteiger partial charge in [0.25, 0.3) is 0 Å². The van der Waals surface area contributed by atoms with Gasteiger partial charge < -0.3 is 9.47 Å². The molecule has 1 fully saturated rings. The third-order valence-electron chi connectivity index (χ3n) is 2.28. The van der Waals surface area contributed by atoms with Crippen LogP contribution < -0.4 is 0 Å². The van der Waals surface area contributed by atoms with Crippen molar-refractivity contribution in [3.63, 3.8) is 0 Å². The van der Waals surface area contributed by atoms with E-state index in [1.54, 1.807) is 6.08 Å². The molecule has 2 aliphatic rings. The van der Waals surface area contributed by atoms with E-state index in [1.807, 2.05) is 12.2 Å². The summed E-state index contributed by atoms with van der Waals surface area (Å²) in [5.74, 6) is 2.67. The predicted molar refractivity (Wildman–Crippen MR) is 49.7 cm³/mol. The molecule has 0 aromatic heterocycles. The lowest BCUT2D eigenvalue weighted by atomic mass is 10.1. The summed E-state index contributed by atoms with van der Waals surface area (Å²) in [4.78, 5) is 0. The minimum absolute atomic E-state index is 0.499. The van der Waals surface area contributed by atoms with Gasteiger partial charge in [-0.15, -0.1) is 6.42 Å². The molecular weight excluding hydrogens is 164 g/mol. The Balaban J connectivity index is 2.09. The first kappa shape index (κ1) is 8.40. The molecule has 2 rings (SSSR count). The van der Waals surface area contributed by atoms with Gasteiger partial charge in [-0.2, -0.15) is 0 Å². The van der Waals surface area contributed by atoms with E-state index in [0.717, 1.165) is 31.6 Å². The van der Waals surface area contributed by atoms with Gasteiger partial charge in [0.15, 0.2) is 0 Å². The number of hydrogen-bond donors (Lipinski definition) is 0. The van der Waals surface area contributed by atoms with Crippen molar-refractivity contribution >= 4 is 0 Å². The second-order valence-corrected chi connectivity index (χ2v) is 3.27. The first-order valence-electron chi connectivity index (χ1n) is 4.53. The zero-order chi connectivity index (χ0) is 9.15. The van der Waals surface area contributed by atoms with Gasteiger partial charge in [-0.3, -0.25) is 0 Å². The monoisotopic (exact) mass is 176 g/mol. The summed E-state index contributed by atoms with van der Waals surface area (Å²) in [6.45, 7) is 0.772. The highest BCUT2D eigenvalue weighted by atomic mass is 16.7. The highest BCUT2D eigenvalue weighted by Gasteiger charge is 2.36. The molecule has 2 heterocycles. The van der Waals surface area contributed by atoms with Gasteiger partial charge in [-0.1, -0.05) is 5.92 Å². The van der Waals surface area contributed by atoms with Crippen LogP contribution >= 0.6 is 0 Å². The average molecular weight is 176 g/mol. The summed E-state index contributed by atoms with van der Waals surface area (Å²) >= 11 is 0. The summed E-state index contributed by atoms with van der Waals surface area (Å²) in [5.41, 5.74) is 0. The third-order valence-corrected chi connectivity index (χ3v) is 2.28. The first-order chi connectivity index (χ1) is 6.35. The number of allylic oxidation sites excluding steroid dienone is 2. The van der Waals surface area contributed by atoms with E-state index in [-0.39, 0.29) is 0 Å². The molecule has 0 amide bonds. The topological polar surface area (TPSA) is 18.5 Å². The highest BCUT2D eigenvalue weighted by Crippen LogP contribution is 2.34. The molecule has 13 heavy (non-hydrogen) atoms. The van der Waals surface area contributed by atoms with E-state index in [1.165, 1.54) is 0 Å². The Labute approximate surface area is 78.2 Å². The minimum Gasteiger partial charge on any atom is -0.458 e. The molecule has 1 saturated heterocycles. The van der Waals surface area contributed by atoms with Gasteiger partial charge in [0.1, 0.15) is 5.76 Å². The van der Waals surface area contributed by atoms with Crippen molar-refractivity contribution < 1.29 is 9.47 Å². The number of terminal acetylenes is 1. The zero-order valence-electron chi connectivity index (χ0n) is 7.45. The smallest absolute Gasteiger partial charge is 0.230 e. The second kappa shape index (κ2) is 3.27. The van der Waals surface area contributed by atoms with Crippen molar-refractivity contribution in [1.29, 1.82) is 0 Å². The molecule has 0 N–H and O–H groups in total. The Morgan fingerprint density at radius 3 is 3.15 bits per heavy atom.